The second-order valence-corrected chi connectivity index (χ2v) is 4.42. The summed E-state index contributed by atoms with van der Waals surface area (Å²) < 4.78 is 0. The van der Waals surface area contributed by atoms with Crippen LogP contribution in [0.25, 0.3) is 0 Å². The zero-order valence-corrected chi connectivity index (χ0v) is 11.0. The van der Waals surface area contributed by atoms with E-state index >= 15 is 0 Å². The van der Waals surface area contributed by atoms with E-state index in [0.717, 1.165) is 17.1 Å². The molecule has 0 saturated heterocycles. The van der Waals surface area contributed by atoms with Gasteiger partial charge in [0.25, 0.3) is 0 Å². The van der Waals surface area contributed by atoms with Gasteiger partial charge in [-0.25, -0.2) is 0 Å². The lowest BCUT2D eigenvalue weighted by atomic mass is 10.1. The molecule has 0 heterocycles. The van der Waals surface area contributed by atoms with Crippen LogP contribution in [0.4, 0.5) is 22.7 Å². The first kappa shape index (κ1) is 12.8. The van der Waals surface area contributed by atoms with Gasteiger partial charge in [0.05, 0.1) is 28.3 Å². The summed E-state index contributed by atoms with van der Waals surface area (Å²) in [6.07, 6.45) is 0. The molecule has 0 aliphatic rings. The van der Waals surface area contributed by atoms with Crippen molar-refractivity contribution in [2.45, 2.75) is 0 Å². The highest BCUT2D eigenvalue weighted by Crippen LogP contribution is 2.30. The maximum absolute atomic E-state index is 8.99. The van der Waals surface area contributed by atoms with Crippen LogP contribution in [0.15, 0.2) is 42.5 Å². The summed E-state index contributed by atoms with van der Waals surface area (Å²) in [7, 11) is 3.96. The number of hydrogen-bond acceptors (Lipinski definition) is 4. The number of nitrogens with one attached hydrogen (secondary N) is 1. The summed E-state index contributed by atoms with van der Waals surface area (Å²) in [4.78, 5) is 2.02. The molecular formula is C15H16N4. The SMILES string of the molecule is CN(C)c1ccccc1Nc1cccc(C#N)c1N. The Morgan fingerprint density at radius 3 is 2.42 bits per heavy atom. The Morgan fingerprint density at radius 1 is 1.05 bits per heavy atom. The fourth-order valence-corrected chi connectivity index (χ4v) is 1.89. The first-order valence-electron chi connectivity index (χ1n) is 5.95. The van der Waals surface area contributed by atoms with Crippen LogP contribution < -0.4 is 16.0 Å². The molecule has 0 fully saturated rings. The molecular weight excluding hydrogens is 236 g/mol. The van der Waals surface area contributed by atoms with Crippen LogP contribution in [0.3, 0.4) is 0 Å². The molecule has 3 N–H and O–H groups in total. The van der Waals surface area contributed by atoms with Crippen molar-refractivity contribution in [3.05, 3.63) is 48.0 Å². The Morgan fingerprint density at radius 2 is 1.74 bits per heavy atom. The number of hydrogen-bond donors (Lipinski definition) is 2. The van der Waals surface area contributed by atoms with Crippen LogP contribution in [0.2, 0.25) is 0 Å². The molecule has 96 valence electrons. The zero-order valence-electron chi connectivity index (χ0n) is 11.0. The molecule has 4 heteroatoms. The van der Waals surface area contributed by atoms with Crippen LogP contribution in [0.5, 0.6) is 0 Å². The minimum Gasteiger partial charge on any atom is -0.396 e. The molecule has 0 aliphatic heterocycles. The van der Waals surface area contributed by atoms with Gasteiger partial charge in [-0.05, 0) is 24.3 Å². The summed E-state index contributed by atoms with van der Waals surface area (Å²) in [5.74, 6) is 0. The van der Waals surface area contributed by atoms with Gasteiger partial charge in [0.2, 0.25) is 0 Å². The lowest BCUT2D eigenvalue weighted by Crippen LogP contribution is -2.11. The molecule has 2 rings (SSSR count). The first-order chi connectivity index (χ1) is 9.13. The molecule has 2 aromatic rings. The number of nitrogens with zero attached hydrogens (tertiary/aromatic N) is 2. The van der Waals surface area contributed by atoms with Crippen LogP contribution in [-0.4, -0.2) is 14.1 Å². The second-order valence-electron chi connectivity index (χ2n) is 4.42. The van der Waals surface area contributed by atoms with E-state index in [-0.39, 0.29) is 0 Å². The van der Waals surface area contributed by atoms with Crippen LogP contribution >= 0.6 is 0 Å². The molecule has 19 heavy (non-hydrogen) atoms. The monoisotopic (exact) mass is 252 g/mol. The third kappa shape index (κ3) is 2.61. The summed E-state index contributed by atoms with van der Waals surface area (Å²) >= 11 is 0. The fraction of sp³-hybridized carbons (Fsp3) is 0.133. The molecule has 0 amide bonds. The topological polar surface area (TPSA) is 65.1 Å². The van der Waals surface area contributed by atoms with E-state index in [4.69, 9.17) is 11.0 Å². The van der Waals surface area contributed by atoms with Gasteiger partial charge in [0.1, 0.15) is 6.07 Å². The van der Waals surface area contributed by atoms with E-state index in [1.165, 1.54) is 0 Å². The highest BCUT2D eigenvalue weighted by Gasteiger charge is 2.08. The molecule has 0 saturated carbocycles. The smallest absolute Gasteiger partial charge is 0.101 e. The number of rotatable bonds is 3. The molecule has 0 atom stereocenters. The minimum atomic E-state index is 0.471. The number of anilines is 4. The Hall–Kier alpha value is -2.67. The van der Waals surface area contributed by atoms with Gasteiger partial charge in [0, 0.05) is 14.1 Å². The van der Waals surface area contributed by atoms with Crippen molar-refractivity contribution in [2.75, 3.05) is 30.0 Å². The van der Waals surface area contributed by atoms with Gasteiger partial charge in [-0.2, -0.15) is 5.26 Å². The van der Waals surface area contributed by atoms with E-state index in [1.54, 1.807) is 6.07 Å². The quantitative estimate of drug-likeness (QED) is 0.824. The van der Waals surface area contributed by atoms with Gasteiger partial charge in [0.15, 0.2) is 0 Å². The van der Waals surface area contributed by atoms with E-state index in [0.29, 0.717) is 11.3 Å². The lowest BCUT2D eigenvalue weighted by molar-refractivity contribution is 1.13. The molecule has 0 aliphatic carbocycles. The Labute approximate surface area is 113 Å². The van der Waals surface area contributed by atoms with Crippen molar-refractivity contribution < 1.29 is 0 Å². The number of nitriles is 1. The van der Waals surface area contributed by atoms with Gasteiger partial charge < -0.3 is 16.0 Å². The number of para-hydroxylation sites is 3. The molecule has 0 spiro atoms. The summed E-state index contributed by atoms with van der Waals surface area (Å²) in [6.45, 7) is 0. The average molecular weight is 252 g/mol. The Kier molecular flexibility index (Phi) is 3.58. The van der Waals surface area contributed by atoms with E-state index in [2.05, 4.69) is 11.4 Å². The minimum absolute atomic E-state index is 0.471. The predicted molar refractivity (Wildman–Crippen MR) is 79.6 cm³/mol. The number of nitrogens with two attached hydrogens (primary N) is 1. The fourth-order valence-electron chi connectivity index (χ4n) is 1.89. The van der Waals surface area contributed by atoms with Crippen molar-refractivity contribution in [1.82, 2.24) is 0 Å². The third-order valence-corrected chi connectivity index (χ3v) is 2.88. The van der Waals surface area contributed by atoms with E-state index in [1.807, 2.05) is 55.4 Å². The summed E-state index contributed by atoms with van der Waals surface area (Å²) in [5, 5.41) is 12.3. The summed E-state index contributed by atoms with van der Waals surface area (Å²) in [6, 6.07) is 15.4. The number of nitrogen functional groups attached to an aromatic ring is 1. The standard InChI is InChI=1S/C15H16N4/c1-19(2)14-9-4-3-7-12(14)18-13-8-5-6-11(10-16)15(13)17/h3-9,18H,17H2,1-2H3. The van der Waals surface area contributed by atoms with E-state index < -0.39 is 0 Å². The Balaban J connectivity index is 2.40. The van der Waals surface area contributed by atoms with E-state index in [9.17, 15) is 0 Å². The molecule has 4 nitrogen and oxygen atoms in total. The third-order valence-electron chi connectivity index (χ3n) is 2.88. The van der Waals surface area contributed by atoms with Crippen LogP contribution in [0.1, 0.15) is 5.56 Å². The zero-order chi connectivity index (χ0) is 13.8. The van der Waals surface area contributed by atoms with Gasteiger partial charge in [-0.1, -0.05) is 18.2 Å². The van der Waals surface area contributed by atoms with Crippen molar-refractivity contribution >= 4 is 22.7 Å². The highest BCUT2D eigenvalue weighted by molar-refractivity contribution is 5.82. The Bertz CT molecular complexity index is 626. The molecule has 2 aromatic carbocycles. The van der Waals surface area contributed by atoms with Crippen molar-refractivity contribution in [1.29, 1.82) is 5.26 Å². The maximum Gasteiger partial charge on any atom is 0.101 e. The average Bonchev–Trinajstić information content (AvgIpc) is 2.41. The largest absolute Gasteiger partial charge is 0.396 e. The van der Waals surface area contributed by atoms with Crippen molar-refractivity contribution in [3.8, 4) is 6.07 Å². The summed E-state index contributed by atoms with van der Waals surface area (Å²) in [5.41, 5.74) is 9.68. The highest BCUT2D eigenvalue weighted by atomic mass is 15.1. The van der Waals surface area contributed by atoms with Gasteiger partial charge in [-0.15, -0.1) is 0 Å². The molecule has 0 radical (unpaired) electrons. The molecule has 0 unspecified atom stereocenters. The number of benzene rings is 2. The molecule has 0 aromatic heterocycles. The normalized spacial score (nSPS) is 9.74. The van der Waals surface area contributed by atoms with Crippen LogP contribution in [0, 0.1) is 11.3 Å². The van der Waals surface area contributed by atoms with Gasteiger partial charge >= 0.3 is 0 Å². The van der Waals surface area contributed by atoms with Crippen molar-refractivity contribution in [2.24, 2.45) is 0 Å². The van der Waals surface area contributed by atoms with Crippen molar-refractivity contribution in [3.63, 3.8) is 0 Å². The first-order valence-corrected chi connectivity index (χ1v) is 5.95. The molecule has 0 bridgehead atoms. The second kappa shape index (κ2) is 5.32. The maximum atomic E-state index is 8.99. The van der Waals surface area contributed by atoms with Gasteiger partial charge in [-0.3, -0.25) is 0 Å². The lowest BCUT2D eigenvalue weighted by Gasteiger charge is -2.19. The predicted octanol–water partition coefficient (Wildman–Crippen LogP) is 2.95. The van der Waals surface area contributed by atoms with Crippen LogP contribution in [-0.2, 0) is 0 Å².